The van der Waals surface area contributed by atoms with Gasteiger partial charge < -0.3 is 16.2 Å². The van der Waals surface area contributed by atoms with Crippen molar-refractivity contribution in [2.75, 3.05) is 0 Å². The van der Waals surface area contributed by atoms with Crippen LogP contribution in [0.1, 0.15) is 39.5 Å². The van der Waals surface area contributed by atoms with Gasteiger partial charge in [-0.05, 0) is 25.2 Å². The highest BCUT2D eigenvalue weighted by molar-refractivity contribution is 5.82. The van der Waals surface area contributed by atoms with Crippen molar-refractivity contribution in [3.05, 3.63) is 0 Å². The first-order valence-electron chi connectivity index (χ1n) is 6.24. The van der Waals surface area contributed by atoms with Gasteiger partial charge in [-0.2, -0.15) is 0 Å². The SMILES string of the molecule is CCC(C)[C@H](N)C(=O)NC1CCC(C(=O)O)C1. The molecule has 0 spiro atoms. The molecule has 0 bridgehead atoms. The molecule has 1 fully saturated rings. The van der Waals surface area contributed by atoms with Gasteiger partial charge in [0, 0.05) is 6.04 Å². The van der Waals surface area contributed by atoms with Gasteiger partial charge >= 0.3 is 5.97 Å². The summed E-state index contributed by atoms with van der Waals surface area (Å²) in [6.45, 7) is 3.94. The molecule has 0 heterocycles. The van der Waals surface area contributed by atoms with E-state index in [1.807, 2.05) is 13.8 Å². The van der Waals surface area contributed by atoms with Crippen molar-refractivity contribution in [2.24, 2.45) is 17.6 Å². The molecule has 98 valence electrons. The molecule has 0 radical (unpaired) electrons. The van der Waals surface area contributed by atoms with E-state index in [2.05, 4.69) is 5.32 Å². The maximum absolute atomic E-state index is 11.8. The predicted octanol–water partition coefficient (Wildman–Crippen LogP) is 0.729. The Morgan fingerprint density at radius 3 is 2.59 bits per heavy atom. The van der Waals surface area contributed by atoms with Crippen LogP contribution in [-0.2, 0) is 9.59 Å². The van der Waals surface area contributed by atoms with Crippen LogP contribution in [0.5, 0.6) is 0 Å². The van der Waals surface area contributed by atoms with Crippen LogP contribution in [0.2, 0.25) is 0 Å². The van der Waals surface area contributed by atoms with E-state index in [4.69, 9.17) is 10.8 Å². The lowest BCUT2D eigenvalue weighted by molar-refractivity contribution is -0.141. The number of carbonyl (C=O) groups is 2. The Morgan fingerprint density at radius 1 is 1.47 bits per heavy atom. The third kappa shape index (κ3) is 3.70. The number of amides is 1. The molecule has 4 atom stereocenters. The number of rotatable bonds is 5. The second kappa shape index (κ2) is 6.00. The molecule has 1 amide bonds. The molecule has 1 rings (SSSR count). The molecule has 5 nitrogen and oxygen atoms in total. The summed E-state index contributed by atoms with van der Waals surface area (Å²) in [4.78, 5) is 22.6. The van der Waals surface area contributed by atoms with Gasteiger partial charge in [0.2, 0.25) is 5.91 Å². The number of carboxylic acids is 1. The molecule has 17 heavy (non-hydrogen) atoms. The van der Waals surface area contributed by atoms with E-state index in [1.165, 1.54) is 0 Å². The molecule has 1 aliphatic carbocycles. The smallest absolute Gasteiger partial charge is 0.306 e. The summed E-state index contributed by atoms with van der Waals surface area (Å²) in [6, 6.07) is -0.525. The number of nitrogens with two attached hydrogens (primary N) is 1. The van der Waals surface area contributed by atoms with Gasteiger partial charge in [0.25, 0.3) is 0 Å². The Kier molecular flexibility index (Phi) is 4.93. The molecule has 1 saturated carbocycles. The van der Waals surface area contributed by atoms with Crippen LogP contribution in [0.3, 0.4) is 0 Å². The standard InChI is InChI=1S/C12H22N2O3/c1-3-7(2)10(13)11(15)14-9-5-4-8(6-9)12(16)17/h7-10H,3-6,13H2,1-2H3,(H,14,15)(H,16,17)/t7?,8?,9?,10-/m0/s1. The van der Waals surface area contributed by atoms with Crippen molar-refractivity contribution in [3.63, 3.8) is 0 Å². The zero-order valence-corrected chi connectivity index (χ0v) is 10.5. The molecule has 0 aromatic rings. The third-order valence-corrected chi connectivity index (χ3v) is 3.69. The predicted molar refractivity (Wildman–Crippen MR) is 64.3 cm³/mol. The lowest BCUT2D eigenvalue weighted by Crippen LogP contribution is -2.47. The van der Waals surface area contributed by atoms with E-state index in [0.29, 0.717) is 12.8 Å². The fraction of sp³-hybridized carbons (Fsp3) is 0.833. The first-order chi connectivity index (χ1) is 7.95. The Labute approximate surface area is 102 Å². The Bertz CT molecular complexity index is 293. The molecule has 5 heteroatoms. The summed E-state index contributed by atoms with van der Waals surface area (Å²) in [7, 11) is 0. The minimum absolute atomic E-state index is 0.0290. The quantitative estimate of drug-likeness (QED) is 0.662. The van der Waals surface area contributed by atoms with Gasteiger partial charge in [-0.3, -0.25) is 9.59 Å². The van der Waals surface area contributed by atoms with Gasteiger partial charge in [0.1, 0.15) is 0 Å². The number of carbonyl (C=O) groups excluding carboxylic acids is 1. The monoisotopic (exact) mass is 242 g/mol. The molecule has 1 aliphatic rings. The van der Waals surface area contributed by atoms with E-state index >= 15 is 0 Å². The topological polar surface area (TPSA) is 92.4 Å². The fourth-order valence-electron chi connectivity index (χ4n) is 2.15. The molecule has 0 aliphatic heterocycles. The van der Waals surface area contributed by atoms with Gasteiger partial charge in [0.05, 0.1) is 12.0 Å². The van der Waals surface area contributed by atoms with Crippen LogP contribution >= 0.6 is 0 Å². The van der Waals surface area contributed by atoms with Crippen LogP contribution in [-0.4, -0.2) is 29.1 Å². The number of nitrogens with one attached hydrogen (secondary N) is 1. The average Bonchev–Trinajstić information content (AvgIpc) is 2.75. The fourth-order valence-corrected chi connectivity index (χ4v) is 2.15. The summed E-state index contributed by atoms with van der Waals surface area (Å²) >= 11 is 0. The van der Waals surface area contributed by atoms with Crippen LogP contribution in [0, 0.1) is 11.8 Å². The maximum atomic E-state index is 11.8. The Hall–Kier alpha value is -1.10. The lowest BCUT2D eigenvalue weighted by Gasteiger charge is -2.20. The molecule has 3 unspecified atom stereocenters. The summed E-state index contributed by atoms with van der Waals surface area (Å²) in [5, 5.41) is 11.7. The number of hydrogen-bond donors (Lipinski definition) is 3. The van der Waals surface area contributed by atoms with Crippen molar-refractivity contribution in [3.8, 4) is 0 Å². The second-order valence-electron chi connectivity index (χ2n) is 4.97. The Morgan fingerprint density at radius 2 is 2.12 bits per heavy atom. The highest BCUT2D eigenvalue weighted by atomic mass is 16.4. The second-order valence-corrected chi connectivity index (χ2v) is 4.97. The summed E-state index contributed by atoms with van der Waals surface area (Å²) in [5.41, 5.74) is 5.82. The van der Waals surface area contributed by atoms with Crippen LogP contribution < -0.4 is 11.1 Å². The molecular formula is C12H22N2O3. The largest absolute Gasteiger partial charge is 0.481 e. The molecule has 0 saturated heterocycles. The van der Waals surface area contributed by atoms with Crippen LogP contribution in [0.15, 0.2) is 0 Å². The third-order valence-electron chi connectivity index (χ3n) is 3.69. The summed E-state index contributed by atoms with van der Waals surface area (Å²) in [6.07, 6.45) is 2.75. The first kappa shape index (κ1) is 14.0. The van der Waals surface area contributed by atoms with Crippen molar-refractivity contribution >= 4 is 11.9 Å². The Balaban J connectivity index is 2.40. The zero-order valence-electron chi connectivity index (χ0n) is 10.5. The minimum Gasteiger partial charge on any atom is -0.481 e. The molecule has 0 aromatic heterocycles. The number of aliphatic carboxylic acids is 1. The molecule has 4 N–H and O–H groups in total. The van der Waals surface area contributed by atoms with Crippen LogP contribution in [0.4, 0.5) is 0 Å². The van der Waals surface area contributed by atoms with E-state index in [9.17, 15) is 9.59 Å². The highest BCUT2D eigenvalue weighted by Gasteiger charge is 2.31. The summed E-state index contributed by atoms with van der Waals surface area (Å²) in [5.74, 6) is -1.10. The van der Waals surface area contributed by atoms with Crippen molar-refractivity contribution in [2.45, 2.75) is 51.6 Å². The number of hydrogen-bond acceptors (Lipinski definition) is 3. The van der Waals surface area contributed by atoms with E-state index in [-0.39, 0.29) is 23.8 Å². The van der Waals surface area contributed by atoms with Gasteiger partial charge in [-0.25, -0.2) is 0 Å². The zero-order chi connectivity index (χ0) is 13.0. The van der Waals surface area contributed by atoms with E-state index in [1.54, 1.807) is 0 Å². The minimum atomic E-state index is -0.770. The van der Waals surface area contributed by atoms with Gasteiger partial charge in [-0.1, -0.05) is 20.3 Å². The maximum Gasteiger partial charge on any atom is 0.306 e. The summed E-state index contributed by atoms with van der Waals surface area (Å²) < 4.78 is 0. The molecular weight excluding hydrogens is 220 g/mol. The van der Waals surface area contributed by atoms with Gasteiger partial charge in [-0.15, -0.1) is 0 Å². The average molecular weight is 242 g/mol. The number of carboxylic acid groups (broad SMARTS) is 1. The normalized spacial score (nSPS) is 27.5. The molecule has 0 aromatic carbocycles. The van der Waals surface area contributed by atoms with Crippen molar-refractivity contribution < 1.29 is 14.7 Å². The van der Waals surface area contributed by atoms with Crippen molar-refractivity contribution in [1.82, 2.24) is 5.32 Å². The van der Waals surface area contributed by atoms with E-state index in [0.717, 1.165) is 12.8 Å². The lowest BCUT2D eigenvalue weighted by atomic mass is 9.99. The van der Waals surface area contributed by atoms with Crippen LogP contribution in [0.25, 0.3) is 0 Å². The van der Waals surface area contributed by atoms with E-state index < -0.39 is 12.0 Å². The van der Waals surface area contributed by atoms with Gasteiger partial charge in [0.15, 0.2) is 0 Å². The van der Waals surface area contributed by atoms with Crippen molar-refractivity contribution in [1.29, 1.82) is 0 Å². The highest BCUT2D eigenvalue weighted by Crippen LogP contribution is 2.25. The first-order valence-corrected chi connectivity index (χ1v) is 6.24.